The second-order valence-electron chi connectivity index (χ2n) is 8.44. The van der Waals surface area contributed by atoms with Gasteiger partial charge < -0.3 is 28.4 Å². The van der Waals surface area contributed by atoms with E-state index >= 15 is 0 Å². The van der Waals surface area contributed by atoms with Crippen LogP contribution in [0.1, 0.15) is 29.5 Å². The van der Waals surface area contributed by atoms with Gasteiger partial charge in [-0.25, -0.2) is 0 Å². The normalized spacial score (nSPS) is 20.3. The maximum absolute atomic E-state index is 6.47. The highest BCUT2D eigenvalue weighted by Crippen LogP contribution is 2.51. The molecule has 2 aliphatic rings. The van der Waals surface area contributed by atoms with E-state index in [1.54, 1.807) is 21.3 Å². The fourth-order valence-corrected chi connectivity index (χ4v) is 4.79. The van der Waals surface area contributed by atoms with E-state index in [0.717, 1.165) is 22.6 Å². The van der Waals surface area contributed by atoms with Crippen molar-refractivity contribution in [3.8, 4) is 34.5 Å². The molecule has 0 saturated carbocycles. The number of rotatable bonds is 7. The van der Waals surface area contributed by atoms with Gasteiger partial charge in [0.1, 0.15) is 5.75 Å². The molecule has 0 spiro atoms. The predicted molar refractivity (Wildman–Crippen MR) is 127 cm³/mol. The molecule has 0 fully saturated rings. The Morgan fingerprint density at radius 2 is 1.53 bits per heavy atom. The van der Waals surface area contributed by atoms with Crippen LogP contribution in [0, 0.1) is 5.92 Å². The molecule has 0 amide bonds. The van der Waals surface area contributed by atoms with Gasteiger partial charge in [0.05, 0.1) is 21.3 Å². The zero-order valence-corrected chi connectivity index (χ0v) is 19.8. The number of hydrogen-bond donors (Lipinski definition) is 1. The molecule has 2 heterocycles. The highest BCUT2D eigenvalue weighted by atomic mass is 16.7. The zero-order chi connectivity index (χ0) is 23.7. The van der Waals surface area contributed by atoms with Crippen LogP contribution in [0.4, 0.5) is 0 Å². The second kappa shape index (κ2) is 9.35. The topological polar surface area (TPSA) is 67.4 Å². The van der Waals surface area contributed by atoms with E-state index in [1.165, 1.54) is 5.56 Å². The summed E-state index contributed by atoms with van der Waals surface area (Å²) in [7, 11) is 4.87. The standard InChI is InChI=1S/C27H29NO6/c1-16-25(18-10-23(29-2)26(31-4)24(11-18)30-3)19-12-21-22(33-15-32-21)13-20(19)34-27(16)28-14-17-8-6-5-7-9-17/h5-13,16,25,27-28H,14-15H2,1-4H3/t16-,25+,27+/m1/s1. The Morgan fingerprint density at radius 1 is 0.853 bits per heavy atom. The first-order chi connectivity index (χ1) is 16.6. The molecule has 3 atom stereocenters. The maximum Gasteiger partial charge on any atom is 0.231 e. The van der Waals surface area contributed by atoms with Crippen molar-refractivity contribution in [2.45, 2.75) is 25.6 Å². The molecule has 0 saturated heterocycles. The molecule has 0 unspecified atom stereocenters. The van der Waals surface area contributed by atoms with Crippen LogP contribution in [0.25, 0.3) is 0 Å². The van der Waals surface area contributed by atoms with Crippen LogP contribution in [0.15, 0.2) is 54.6 Å². The number of nitrogens with one attached hydrogen (secondary N) is 1. The van der Waals surface area contributed by atoms with E-state index in [1.807, 2.05) is 42.5 Å². The summed E-state index contributed by atoms with van der Waals surface area (Å²) in [6, 6.07) is 18.3. The summed E-state index contributed by atoms with van der Waals surface area (Å²) in [5.41, 5.74) is 3.26. The van der Waals surface area contributed by atoms with Crippen molar-refractivity contribution in [3.05, 3.63) is 71.3 Å². The van der Waals surface area contributed by atoms with Crippen LogP contribution in [-0.2, 0) is 6.54 Å². The summed E-state index contributed by atoms with van der Waals surface area (Å²) in [4.78, 5) is 0. The summed E-state index contributed by atoms with van der Waals surface area (Å²) < 4.78 is 34.6. The molecule has 2 aliphatic heterocycles. The number of hydrogen-bond acceptors (Lipinski definition) is 7. The van der Waals surface area contributed by atoms with Crippen molar-refractivity contribution >= 4 is 0 Å². The van der Waals surface area contributed by atoms with Gasteiger partial charge in [0, 0.05) is 30.0 Å². The third-order valence-electron chi connectivity index (χ3n) is 6.49. The molecule has 1 N–H and O–H groups in total. The third kappa shape index (κ3) is 3.96. The molecule has 5 rings (SSSR count). The maximum atomic E-state index is 6.47. The van der Waals surface area contributed by atoms with E-state index in [4.69, 9.17) is 28.4 Å². The molecule has 0 bridgehead atoms. The first kappa shape index (κ1) is 22.2. The van der Waals surface area contributed by atoms with Crippen molar-refractivity contribution < 1.29 is 28.4 Å². The molecular weight excluding hydrogens is 434 g/mol. The summed E-state index contributed by atoms with van der Waals surface area (Å²) in [5.74, 6) is 4.06. The van der Waals surface area contributed by atoms with Gasteiger partial charge in [-0.2, -0.15) is 0 Å². The summed E-state index contributed by atoms with van der Waals surface area (Å²) in [6.07, 6.45) is -0.225. The molecule has 34 heavy (non-hydrogen) atoms. The van der Waals surface area contributed by atoms with Crippen molar-refractivity contribution in [1.82, 2.24) is 5.32 Å². The largest absolute Gasteiger partial charge is 0.493 e. The predicted octanol–water partition coefficient (Wildman–Crippen LogP) is 4.72. The lowest BCUT2D eigenvalue weighted by Crippen LogP contribution is -2.45. The summed E-state index contributed by atoms with van der Waals surface area (Å²) in [5, 5.41) is 3.59. The van der Waals surface area contributed by atoms with Gasteiger partial charge in [-0.05, 0) is 29.3 Å². The van der Waals surface area contributed by atoms with Crippen LogP contribution in [-0.4, -0.2) is 34.4 Å². The molecule has 0 radical (unpaired) electrons. The van der Waals surface area contributed by atoms with Gasteiger partial charge in [0.2, 0.25) is 12.5 Å². The molecule has 7 heteroatoms. The Morgan fingerprint density at radius 3 is 2.18 bits per heavy atom. The van der Waals surface area contributed by atoms with Crippen molar-refractivity contribution in [1.29, 1.82) is 0 Å². The minimum Gasteiger partial charge on any atom is -0.493 e. The molecule has 3 aromatic rings. The van der Waals surface area contributed by atoms with Crippen LogP contribution in [0.5, 0.6) is 34.5 Å². The minimum atomic E-state index is -0.225. The van der Waals surface area contributed by atoms with Gasteiger partial charge >= 0.3 is 0 Å². The fraction of sp³-hybridized carbons (Fsp3) is 0.333. The first-order valence-corrected chi connectivity index (χ1v) is 11.3. The quantitative estimate of drug-likeness (QED) is 0.544. The van der Waals surface area contributed by atoms with Crippen molar-refractivity contribution in [2.75, 3.05) is 28.1 Å². The highest BCUT2D eigenvalue weighted by Gasteiger charge is 2.39. The highest BCUT2D eigenvalue weighted by molar-refractivity contribution is 5.60. The Balaban J connectivity index is 1.57. The van der Waals surface area contributed by atoms with Crippen LogP contribution < -0.4 is 33.7 Å². The second-order valence-corrected chi connectivity index (χ2v) is 8.44. The van der Waals surface area contributed by atoms with E-state index in [2.05, 4.69) is 24.4 Å². The molecular formula is C27H29NO6. The van der Waals surface area contributed by atoms with Gasteiger partial charge in [0.15, 0.2) is 29.2 Å². The summed E-state index contributed by atoms with van der Waals surface area (Å²) in [6.45, 7) is 3.08. The Bertz CT molecular complexity index is 1140. The molecule has 178 valence electrons. The molecule has 0 aromatic heterocycles. The van der Waals surface area contributed by atoms with Crippen molar-refractivity contribution in [3.63, 3.8) is 0 Å². The SMILES string of the molecule is COc1cc([C@H]2c3cc4c(cc3O[C@H](NCc3ccccc3)[C@@H]2C)OCO4)cc(OC)c1OC. The lowest BCUT2D eigenvalue weighted by molar-refractivity contribution is 0.0775. The lowest BCUT2D eigenvalue weighted by atomic mass is 9.78. The summed E-state index contributed by atoms with van der Waals surface area (Å²) >= 11 is 0. The Hall–Kier alpha value is -3.58. The monoisotopic (exact) mass is 463 g/mol. The van der Waals surface area contributed by atoms with E-state index < -0.39 is 0 Å². The smallest absolute Gasteiger partial charge is 0.231 e. The van der Waals surface area contributed by atoms with Crippen LogP contribution in [0.3, 0.4) is 0 Å². The number of benzene rings is 3. The van der Waals surface area contributed by atoms with Crippen LogP contribution in [0.2, 0.25) is 0 Å². The zero-order valence-electron chi connectivity index (χ0n) is 19.8. The van der Waals surface area contributed by atoms with Gasteiger partial charge in [0.25, 0.3) is 0 Å². The lowest BCUT2D eigenvalue weighted by Gasteiger charge is -2.39. The average Bonchev–Trinajstić information content (AvgIpc) is 3.33. The number of fused-ring (bicyclic) bond motifs is 2. The van der Waals surface area contributed by atoms with Crippen molar-refractivity contribution in [2.24, 2.45) is 5.92 Å². The molecule has 0 aliphatic carbocycles. The molecule has 7 nitrogen and oxygen atoms in total. The minimum absolute atomic E-state index is 0.0137. The Labute approximate surface area is 199 Å². The van der Waals surface area contributed by atoms with Gasteiger partial charge in [-0.3, -0.25) is 5.32 Å². The third-order valence-corrected chi connectivity index (χ3v) is 6.49. The number of methoxy groups -OCH3 is 3. The van der Waals surface area contributed by atoms with E-state index in [-0.39, 0.29) is 24.9 Å². The first-order valence-electron chi connectivity index (χ1n) is 11.3. The Kier molecular flexibility index (Phi) is 6.11. The van der Waals surface area contributed by atoms with E-state index in [0.29, 0.717) is 29.5 Å². The van der Waals surface area contributed by atoms with Gasteiger partial charge in [-0.15, -0.1) is 0 Å². The molecule has 3 aromatic carbocycles. The van der Waals surface area contributed by atoms with Gasteiger partial charge in [-0.1, -0.05) is 37.3 Å². The average molecular weight is 464 g/mol. The van der Waals surface area contributed by atoms with Crippen LogP contribution >= 0.6 is 0 Å². The van der Waals surface area contributed by atoms with E-state index in [9.17, 15) is 0 Å². The number of ether oxygens (including phenoxy) is 6. The fourth-order valence-electron chi connectivity index (χ4n) is 4.79.